The number of benzene rings is 2. The molecule has 3 aromatic rings. The maximum atomic E-state index is 13.2. The van der Waals surface area contributed by atoms with Gasteiger partial charge in [-0.3, -0.25) is 5.32 Å². The van der Waals surface area contributed by atoms with Gasteiger partial charge in [-0.05, 0) is 30.5 Å². The zero-order valence-corrected chi connectivity index (χ0v) is 16.2. The summed E-state index contributed by atoms with van der Waals surface area (Å²) in [6.07, 6.45) is 7.12. The summed E-state index contributed by atoms with van der Waals surface area (Å²) < 4.78 is 1.77. The normalized spacial score (nSPS) is 18.6. The number of aromatic nitrogens is 2. The number of nitrogens with zero attached hydrogens (tertiary/aromatic N) is 2. The number of phenols is 1. The largest absolute Gasteiger partial charge is 0.508 e. The Balaban J connectivity index is 1.53. The summed E-state index contributed by atoms with van der Waals surface area (Å²) in [5, 5.41) is 13.0. The van der Waals surface area contributed by atoms with Crippen molar-refractivity contribution in [1.29, 1.82) is 0 Å². The molecule has 1 unspecified atom stereocenters. The molecule has 0 amide bonds. The molecule has 2 aromatic carbocycles. The Morgan fingerprint density at radius 1 is 1.03 bits per heavy atom. The number of rotatable bonds is 4. The monoisotopic (exact) mass is 386 g/mol. The van der Waals surface area contributed by atoms with E-state index in [-0.39, 0.29) is 17.7 Å². The van der Waals surface area contributed by atoms with Gasteiger partial charge in [0.15, 0.2) is 6.04 Å². The van der Waals surface area contributed by atoms with Crippen LogP contribution in [0.25, 0.3) is 11.3 Å². The van der Waals surface area contributed by atoms with Crippen LogP contribution in [0.4, 0.5) is 5.82 Å². The molecule has 1 aliphatic heterocycles. The summed E-state index contributed by atoms with van der Waals surface area (Å²) in [4.78, 5) is 18.3. The highest BCUT2D eigenvalue weighted by molar-refractivity contribution is 5.82. The van der Waals surface area contributed by atoms with E-state index < -0.39 is 0 Å². The van der Waals surface area contributed by atoms with Crippen molar-refractivity contribution in [2.75, 3.05) is 5.32 Å². The zero-order chi connectivity index (χ0) is 19.8. The number of carbonyl (C=O) groups is 1. The smallest absolute Gasteiger partial charge is 0.359 e. The molecular weight excluding hydrogens is 362 g/mol. The van der Waals surface area contributed by atoms with Crippen molar-refractivity contribution in [3.05, 3.63) is 72.1 Å². The predicted octanol–water partition coefficient (Wildman–Crippen LogP) is 4.08. The number of phenolic OH excluding ortho intramolecular Hbond substituents is 1. The maximum Gasteiger partial charge on any atom is 0.359 e. The molecule has 2 heterocycles. The Labute approximate surface area is 170 Å². The molecule has 1 aliphatic carbocycles. The van der Waals surface area contributed by atoms with E-state index in [4.69, 9.17) is 4.98 Å². The SMILES string of the molecule is O=C1C(Cc2ccc(O)cc2)Nc2c(C3CCCC3)nc(-c3ccccc3)c[n+]21. The van der Waals surface area contributed by atoms with Gasteiger partial charge in [0, 0.05) is 17.9 Å². The molecule has 1 fully saturated rings. The van der Waals surface area contributed by atoms with E-state index in [1.807, 2.05) is 48.7 Å². The van der Waals surface area contributed by atoms with Gasteiger partial charge >= 0.3 is 11.7 Å². The van der Waals surface area contributed by atoms with Gasteiger partial charge in [-0.2, -0.15) is 4.57 Å². The number of carbonyl (C=O) groups excluding carboxylic acids is 1. The Morgan fingerprint density at radius 2 is 1.76 bits per heavy atom. The predicted molar refractivity (Wildman–Crippen MR) is 111 cm³/mol. The molecule has 5 heteroatoms. The van der Waals surface area contributed by atoms with Gasteiger partial charge in [0.25, 0.3) is 0 Å². The minimum absolute atomic E-state index is 0.0481. The van der Waals surface area contributed by atoms with Crippen LogP contribution in [0, 0.1) is 0 Å². The summed E-state index contributed by atoms with van der Waals surface area (Å²) in [7, 11) is 0. The van der Waals surface area contributed by atoms with Crippen molar-refractivity contribution in [2.45, 2.75) is 44.1 Å². The minimum Gasteiger partial charge on any atom is -0.508 e. The molecule has 0 bridgehead atoms. The second kappa shape index (κ2) is 7.32. The van der Waals surface area contributed by atoms with E-state index in [9.17, 15) is 9.90 Å². The van der Waals surface area contributed by atoms with Crippen LogP contribution in [0.3, 0.4) is 0 Å². The fourth-order valence-corrected chi connectivity index (χ4v) is 4.47. The third kappa shape index (κ3) is 3.37. The van der Waals surface area contributed by atoms with Crippen LogP contribution in [0.5, 0.6) is 5.75 Å². The number of hydrogen-bond acceptors (Lipinski definition) is 4. The van der Waals surface area contributed by atoms with Crippen LogP contribution in [-0.2, 0) is 6.42 Å². The molecule has 1 aromatic heterocycles. The van der Waals surface area contributed by atoms with Gasteiger partial charge in [0.05, 0.1) is 0 Å². The summed E-state index contributed by atoms with van der Waals surface area (Å²) >= 11 is 0. The van der Waals surface area contributed by atoms with Crippen molar-refractivity contribution < 1.29 is 14.5 Å². The Morgan fingerprint density at radius 3 is 2.48 bits per heavy atom. The van der Waals surface area contributed by atoms with Gasteiger partial charge in [0.2, 0.25) is 0 Å². The first-order valence-electron chi connectivity index (χ1n) is 10.3. The van der Waals surface area contributed by atoms with Crippen molar-refractivity contribution in [3.63, 3.8) is 0 Å². The van der Waals surface area contributed by atoms with Gasteiger partial charge in [-0.25, -0.2) is 9.78 Å². The minimum atomic E-state index is -0.326. The number of nitrogens with one attached hydrogen (secondary N) is 1. The summed E-state index contributed by atoms with van der Waals surface area (Å²) in [5.41, 5.74) is 3.90. The topological polar surface area (TPSA) is 66.1 Å². The molecule has 0 spiro atoms. The maximum absolute atomic E-state index is 13.2. The molecular formula is C24H24N3O2+. The van der Waals surface area contributed by atoms with Crippen LogP contribution < -0.4 is 9.88 Å². The number of fused-ring (bicyclic) bond motifs is 1. The quantitative estimate of drug-likeness (QED) is 0.663. The Kier molecular flexibility index (Phi) is 4.51. The van der Waals surface area contributed by atoms with Gasteiger partial charge in [-0.15, -0.1) is 0 Å². The summed E-state index contributed by atoms with van der Waals surface area (Å²) in [6.45, 7) is 0. The lowest BCUT2D eigenvalue weighted by Gasteiger charge is -2.11. The molecule has 0 radical (unpaired) electrons. The molecule has 1 atom stereocenters. The van der Waals surface area contributed by atoms with Crippen LogP contribution in [0.1, 0.15) is 47.7 Å². The van der Waals surface area contributed by atoms with Gasteiger partial charge < -0.3 is 5.11 Å². The second-order valence-corrected chi connectivity index (χ2v) is 7.98. The van der Waals surface area contributed by atoms with Gasteiger partial charge in [-0.1, -0.05) is 55.3 Å². The van der Waals surface area contributed by atoms with Crippen molar-refractivity contribution in [2.24, 2.45) is 0 Å². The lowest BCUT2D eigenvalue weighted by atomic mass is 10.0. The molecule has 0 saturated heterocycles. The van der Waals surface area contributed by atoms with Crippen LogP contribution in [0.2, 0.25) is 0 Å². The molecule has 2 aliphatic rings. The molecule has 29 heavy (non-hydrogen) atoms. The first kappa shape index (κ1) is 17.9. The fraction of sp³-hybridized carbons (Fsp3) is 0.292. The zero-order valence-electron chi connectivity index (χ0n) is 16.2. The van der Waals surface area contributed by atoms with Crippen LogP contribution >= 0.6 is 0 Å². The highest BCUT2D eigenvalue weighted by Crippen LogP contribution is 2.37. The van der Waals surface area contributed by atoms with Crippen molar-refractivity contribution in [1.82, 2.24) is 4.98 Å². The molecule has 2 N–H and O–H groups in total. The van der Waals surface area contributed by atoms with E-state index in [2.05, 4.69) is 5.32 Å². The number of anilines is 1. The standard InChI is InChI=1S/C24H23N3O2/c28-19-12-10-16(11-13-19)14-20-24(29)27-15-21(17-6-2-1-3-7-17)25-22(23(27)26-20)18-8-4-5-9-18/h1-3,6-7,10-13,15,18,20,28H,4-5,8-9,14H2/p+1. The molecule has 1 saturated carbocycles. The first-order valence-corrected chi connectivity index (χ1v) is 10.3. The third-order valence-electron chi connectivity index (χ3n) is 6.01. The van der Waals surface area contributed by atoms with Gasteiger partial charge in [0.1, 0.15) is 23.3 Å². The Bertz CT molecular complexity index is 1040. The highest BCUT2D eigenvalue weighted by Gasteiger charge is 2.42. The van der Waals surface area contributed by atoms with Crippen LogP contribution in [-0.4, -0.2) is 22.0 Å². The summed E-state index contributed by atoms with van der Waals surface area (Å²) in [6, 6.07) is 16.8. The molecule has 5 nitrogen and oxygen atoms in total. The summed E-state index contributed by atoms with van der Waals surface area (Å²) in [5.74, 6) is 1.53. The highest BCUT2D eigenvalue weighted by atomic mass is 16.3. The average Bonchev–Trinajstić information content (AvgIpc) is 3.39. The second-order valence-electron chi connectivity index (χ2n) is 7.98. The van der Waals surface area contributed by atoms with E-state index in [0.717, 1.165) is 41.2 Å². The van der Waals surface area contributed by atoms with E-state index in [1.165, 1.54) is 12.8 Å². The number of aromatic hydroxyl groups is 1. The van der Waals surface area contributed by atoms with Crippen molar-refractivity contribution in [3.8, 4) is 17.0 Å². The van der Waals surface area contributed by atoms with E-state index in [0.29, 0.717) is 12.3 Å². The third-order valence-corrected chi connectivity index (χ3v) is 6.01. The molecule has 5 rings (SSSR count). The van der Waals surface area contributed by atoms with E-state index in [1.54, 1.807) is 16.7 Å². The molecule has 146 valence electrons. The number of hydrogen-bond donors (Lipinski definition) is 2. The van der Waals surface area contributed by atoms with E-state index >= 15 is 0 Å². The first-order chi connectivity index (χ1) is 14.2. The van der Waals surface area contributed by atoms with Crippen LogP contribution in [0.15, 0.2) is 60.8 Å². The lowest BCUT2D eigenvalue weighted by Crippen LogP contribution is -2.44. The average molecular weight is 386 g/mol. The fourth-order valence-electron chi connectivity index (χ4n) is 4.47. The van der Waals surface area contributed by atoms with Crippen molar-refractivity contribution >= 4 is 11.7 Å². The lowest BCUT2D eigenvalue weighted by molar-refractivity contribution is -0.552. The Hall–Kier alpha value is -3.21.